The number of carbonyl (C=O) groups is 2. The summed E-state index contributed by atoms with van der Waals surface area (Å²) in [4.78, 5) is 29.6. The van der Waals surface area contributed by atoms with E-state index < -0.39 is 0 Å². The van der Waals surface area contributed by atoms with Crippen LogP contribution >= 0.6 is 0 Å². The van der Waals surface area contributed by atoms with Gasteiger partial charge in [0, 0.05) is 14.4 Å². The van der Waals surface area contributed by atoms with E-state index in [1.54, 1.807) is 4.90 Å². The molecule has 2 amide bonds. The molecule has 1 aromatic carbocycles. The summed E-state index contributed by atoms with van der Waals surface area (Å²) in [6.07, 6.45) is 9.37. The van der Waals surface area contributed by atoms with Crippen LogP contribution in [0.2, 0.25) is 0 Å². The van der Waals surface area contributed by atoms with Crippen molar-refractivity contribution in [2.24, 2.45) is 5.41 Å². The van der Waals surface area contributed by atoms with Crippen LogP contribution in [0.5, 0.6) is 0 Å². The number of hydrogen-bond acceptors (Lipinski definition) is 3. The van der Waals surface area contributed by atoms with Crippen LogP contribution in [0.15, 0.2) is 24.3 Å². The first-order valence-electron chi connectivity index (χ1n) is 13.1. The Bertz CT molecular complexity index is 842. The summed E-state index contributed by atoms with van der Waals surface area (Å²) in [6, 6.07) is 8.84. The van der Waals surface area contributed by atoms with Gasteiger partial charge >= 0.3 is 0 Å². The zero-order chi connectivity index (χ0) is 23.5. The lowest BCUT2D eigenvalue weighted by atomic mass is 9.63. The standard InChI is InChI=1S/C28H43N3O2.H2/c1-27(2,3)14-18-30-19-15-28(16-20-30)13-12-24(22-9-6-7-10-23(22)28)29-25(32)21-31-17-8-4-5-11-26(31)33;/h6-7,9-10,24H,4-5,8,11-21H2,1-3H3,(H,29,32);1H/t24-;/m0./s1. The molecule has 33 heavy (non-hydrogen) atoms. The molecule has 5 nitrogen and oxygen atoms in total. The fourth-order valence-corrected chi connectivity index (χ4v) is 5.98. The quantitative estimate of drug-likeness (QED) is 0.675. The van der Waals surface area contributed by atoms with Gasteiger partial charge in [-0.1, -0.05) is 51.5 Å². The van der Waals surface area contributed by atoms with Crippen molar-refractivity contribution < 1.29 is 11.0 Å². The highest BCUT2D eigenvalue weighted by molar-refractivity contribution is 5.85. The molecule has 1 aliphatic carbocycles. The number of benzene rings is 1. The minimum atomic E-state index is -0.0157. The Kier molecular flexibility index (Phi) is 7.47. The van der Waals surface area contributed by atoms with E-state index in [0.717, 1.165) is 32.1 Å². The van der Waals surface area contributed by atoms with Gasteiger partial charge in [0.25, 0.3) is 0 Å². The van der Waals surface area contributed by atoms with E-state index in [1.807, 2.05) is 0 Å². The maximum absolute atomic E-state index is 12.9. The zero-order valence-corrected chi connectivity index (χ0v) is 21.0. The van der Waals surface area contributed by atoms with Crippen LogP contribution in [0.4, 0.5) is 0 Å². The zero-order valence-electron chi connectivity index (χ0n) is 21.0. The first-order valence-corrected chi connectivity index (χ1v) is 13.1. The van der Waals surface area contributed by atoms with Gasteiger partial charge in [0.2, 0.25) is 11.8 Å². The predicted octanol–water partition coefficient (Wildman–Crippen LogP) is 5.06. The van der Waals surface area contributed by atoms with Gasteiger partial charge in [-0.2, -0.15) is 0 Å². The third-order valence-corrected chi connectivity index (χ3v) is 8.15. The Labute approximate surface area is 201 Å². The van der Waals surface area contributed by atoms with Crippen molar-refractivity contribution in [3.05, 3.63) is 35.4 Å². The highest BCUT2D eigenvalue weighted by Crippen LogP contribution is 2.48. The van der Waals surface area contributed by atoms with E-state index in [2.05, 4.69) is 55.3 Å². The molecule has 0 bridgehead atoms. The Morgan fingerprint density at radius 3 is 2.61 bits per heavy atom. The number of nitrogens with zero attached hydrogens (tertiary/aromatic N) is 2. The molecule has 0 radical (unpaired) electrons. The lowest BCUT2D eigenvalue weighted by Gasteiger charge is -2.47. The van der Waals surface area contributed by atoms with Gasteiger partial charge in [-0.15, -0.1) is 0 Å². The Morgan fingerprint density at radius 1 is 1.09 bits per heavy atom. The highest BCUT2D eigenvalue weighted by Gasteiger charge is 2.42. The van der Waals surface area contributed by atoms with Crippen molar-refractivity contribution >= 4 is 11.8 Å². The van der Waals surface area contributed by atoms with Gasteiger partial charge in [-0.05, 0) is 86.5 Å². The summed E-state index contributed by atoms with van der Waals surface area (Å²) in [5, 5.41) is 3.29. The molecular weight excluding hydrogens is 410 g/mol. The second-order valence-electron chi connectivity index (χ2n) is 11.8. The third-order valence-electron chi connectivity index (χ3n) is 8.15. The van der Waals surface area contributed by atoms with Crippen molar-refractivity contribution in [1.82, 2.24) is 15.1 Å². The Hall–Kier alpha value is -1.88. The second-order valence-corrected chi connectivity index (χ2v) is 11.8. The monoisotopic (exact) mass is 455 g/mol. The summed E-state index contributed by atoms with van der Waals surface area (Å²) in [6.45, 7) is 11.4. The van der Waals surface area contributed by atoms with Crippen LogP contribution in [-0.2, 0) is 15.0 Å². The van der Waals surface area contributed by atoms with E-state index in [4.69, 9.17) is 0 Å². The van der Waals surface area contributed by atoms with Gasteiger partial charge in [-0.3, -0.25) is 9.59 Å². The van der Waals surface area contributed by atoms with E-state index in [0.29, 0.717) is 18.4 Å². The largest absolute Gasteiger partial charge is 0.348 e. The molecule has 1 aromatic rings. The molecule has 2 fully saturated rings. The van der Waals surface area contributed by atoms with Crippen LogP contribution < -0.4 is 5.32 Å². The number of rotatable bonds is 5. The van der Waals surface area contributed by atoms with Crippen LogP contribution in [0.1, 0.15) is 97.2 Å². The molecular formula is C28H45N3O2. The van der Waals surface area contributed by atoms with Crippen LogP contribution in [0.25, 0.3) is 0 Å². The van der Waals surface area contributed by atoms with Crippen LogP contribution in [0, 0.1) is 5.41 Å². The number of nitrogens with one attached hydrogen (secondary N) is 1. The molecule has 2 aliphatic heterocycles. The average Bonchev–Trinajstić information content (AvgIpc) is 2.99. The maximum atomic E-state index is 12.9. The summed E-state index contributed by atoms with van der Waals surface area (Å²) >= 11 is 0. The normalized spacial score (nSPS) is 23.8. The molecule has 3 aliphatic rings. The SMILES string of the molecule is CC(C)(C)CCN1CCC2(CC[C@H](NC(=O)CN3CCCCCC3=O)c3ccccc32)CC1.[HH]. The van der Waals surface area contributed by atoms with Gasteiger partial charge in [-0.25, -0.2) is 0 Å². The molecule has 184 valence electrons. The molecule has 0 saturated carbocycles. The second kappa shape index (κ2) is 10.2. The molecule has 0 aromatic heterocycles. The van der Waals surface area contributed by atoms with Crippen molar-refractivity contribution in [2.45, 2.75) is 90.0 Å². The summed E-state index contributed by atoms with van der Waals surface area (Å²) in [5.41, 5.74) is 3.37. The molecule has 2 heterocycles. The molecule has 0 unspecified atom stereocenters. The average molecular weight is 456 g/mol. The summed E-state index contributed by atoms with van der Waals surface area (Å²) in [5.74, 6) is 0.113. The fraction of sp³-hybridized carbons (Fsp3) is 0.714. The summed E-state index contributed by atoms with van der Waals surface area (Å²) in [7, 11) is 0. The fourth-order valence-electron chi connectivity index (χ4n) is 5.98. The van der Waals surface area contributed by atoms with Gasteiger partial charge in [0.15, 0.2) is 0 Å². The topological polar surface area (TPSA) is 52.7 Å². The van der Waals surface area contributed by atoms with Gasteiger partial charge < -0.3 is 15.1 Å². The van der Waals surface area contributed by atoms with E-state index in [-0.39, 0.29) is 31.2 Å². The molecule has 5 heteroatoms. The lowest BCUT2D eigenvalue weighted by molar-refractivity contribution is -0.135. The van der Waals surface area contributed by atoms with Gasteiger partial charge in [0.05, 0.1) is 12.6 Å². The first-order chi connectivity index (χ1) is 15.8. The predicted molar refractivity (Wildman–Crippen MR) is 135 cm³/mol. The van der Waals surface area contributed by atoms with Crippen molar-refractivity contribution in [2.75, 3.05) is 32.7 Å². The Balaban J connectivity index is 0.00000324. The van der Waals surface area contributed by atoms with E-state index in [1.165, 1.54) is 50.0 Å². The molecule has 1 atom stereocenters. The lowest BCUT2D eigenvalue weighted by Crippen LogP contribution is -2.47. The minimum absolute atomic E-state index is 0. The molecule has 4 rings (SSSR count). The number of likely N-dealkylation sites (tertiary alicyclic amines) is 2. The molecule has 1 spiro atoms. The van der Waals surface area contributed by atoms with Gasteiger partial charge in [0.1, 0.15) is 0 Å². The third kappa shape index (κ3) is 5.98. The number of hydrogen-bond donors (Lipinski definition) is 1. The molecule has 2 saturated heterocycles. The van der Waals surface area contributed by atoms with Crippen molar-refractivity contribution in [3.63, 3.8) is 0 Å². The summed E-state index contributed by atoms with van der Waals surface area (Å²) < 4.78 is 0. The minimum Gasteiger partial charge on any atom is -0.348 e. The number of amides is 2. The molecule has 1 N–H and O–H groups in total. The highest BCUT2D eigenvalue weighted by atomic mass is 16.2. The van der Waals surface area contributed by atoms with E-state index >= 15 is 0 Å². The van der Waals surface area contributed by atoms with Crippen molar-refractivity contribution in [1.29, 1.82) is 0 Å². The number of fused-ring (bicyclic) bond motifs is 2. The number of piperidine rings is 1. The number of carbonyl (C=O) groups excluding carboxylic acids is 2. The Morgan fingerprint density at radius 2 is 1.85 bits per heavy atom. The maximum Gasteiger partial charge on any atom is 0.240 e. The van der Waals surface area contributed by atoms with E-state index in [9.17, 15) is 9.59 Å². The first kappa shape index (κ1) is 24.3. The van der Waals surface area contributed by atoms with Crippen LogP contribution in [-0.4, -0.2) is 54.3 Å². The smallest absolute Gasteiger partial charge is 0.240 e. The van der Waals surface area contributed by atoms with Crippen LogP contribution in [0.3, 0.4) is 0 Å². The van der Waals surface area contributed by atoms with Crippen molar-refractivity contribution in [3.8, 4) is 0 Å².